The maximum Gasteiger partial charge on any atom is 0.297 e. The first-order valence-electron chi connectivity index (χ1n) is 7.50. The largest absolute Gasteiger partial charge is 0.496 e. The van der Waals surface area contributed by atoms with Crippen LogP contribution in [0, 0.1) is 10.1 Å². The predicted octanol–water partition coefficient (Wildman–Crippen LogP) is 3.70. The molecule has 134 valence electrons. The van der Waals surface area contributed by atoms with Crippen LogP contribution < -0.4 is 9.46 Å². The van der Waals surface area contributed by atoms with Crippen LogP contribution in [0.15, 0.2) is 47.4 Å². The van der Waals surface area contributed by atoms with Crippen LogP contribution in [-0.2, 0) is 15.4 Å². The highest BCUT2D eigenvalue weighted by Gasteiger charge is 2.22. The van der Waals surface area contributed by atoms with E-state index in [1.54, 1.807) is 12.1 Å². The number of nitrogens with zero attached hydrogens (tertiary/aromatic N) is 1. The van der Waals surface area contributed by atoms with Crippen molar-refractivity contribution in [2.24, 2.45) is 0 Å². The summed E-state index contributed by atoms with van der Waals surface area (Å²) in [5.41, 5.74) is 0.381. The highest BCUT2D eigenvalue weighted by molar-refractivity contribution is 7.92. The van der Waals surface area contributed by atoms with Gasteiger partial charge in [-0.15, -0.1) is 0 Å². The normalized spacial score (nSPS) is 11.8. The SMILES string of the molecule is COc1ccc(NS(=O)(=O)c2ccc(C(C)(C)C)cc2)c([N+](=O)[O-])c1. The van der Waals surface area contributed by atoms with E-state index in [0.717, 1.165) is 5.56 Å². The van der Waals surface area contributed by atoms with Crippen molar-refractivity contribution in [2.45, 2.75) is 31.1 Å². The summed E-state index contributed by atoms with van der Waals surface area (Å²) in [5.74, 6) is 0.268. The van der Waals surface area contributed by atoms with E-state index in [1.165, 1.54) is 37.4 Å². The number of hydrogen-bond acceptors (Lipinski definition) is 5. The monoisotopic (exact) mass is 364 g/mol. The van der Waals surface area contributed by atoms with E-state index >= 15 is 0 Å². The zero-order valence-electron chi connectivity index (χ0n) is 14.4. The third-order valence-corrected chi connectivity index (χ3v) is 5.06. The van der Waals surface area contributed by atoms with Crippen LogP contribution in [0.3, 0.4) is 0 Å². The van der Waals surface area contributed by atoms with E-state index in [0.29, 0.717) is 0 Å². The molecule has 2 aromatic rings. The maximum atomic E-state index is 12.5. The molecule has 0 fully saturated rings. The lowest BCUT2D eigenvalue weighted by Gasteiger charge is -2.19. The van der Waals surface area contributed by atoms with E-state index in [4.69, 9.17) is 4.74 Å². The molecular weight excluding hydrogens is 344 g/mol. The molecule has 25 heavy (non-hydrogen) atoms. The van der Waals surface area contributed by atoms with Crippen molar-refractivity contribution in [1.82, 2.24) is 0 Å². The Hall–Kier alpha value is -2.61. The number of nitro groups is 1. The standard InChI is InChI=1S/C17H20N2O5S/c1-17(2,3)12-5-8-14(9-6-12)25(22,23)18-15-10-7-13(24-4)11-16(15)19(20)21/h5-11,18H,1-4H3. The number of anilines is 1. The molecule has 0 unspecified atom stereocenters. The minimum atomic E-state index is -3.95. The number of rotatable bonds is 5. The molecule has 7 nitrogen and oxygen atoms in total. The van der Waals surface area contributed by atoms with Crippen molar-refractivity contribution in [3.05, 3.63) is 58.1 Å². The van der Waals surface area contributed by atoms with Gasteiger partial charge in [-0.05, 0) is 35.2 Å². The number of methoxy groups -OCH3 is 1. The Kier molecular flexibility index (Phi) is 5.03. The third-order valence-electron chi connectivity index (χ3n) is 3.68. The van der Waals surface area contributed by atoms with Crippen molar-refractivity contribution >= 4 is 21.4 Å². The van der Waals surface area contributed by atoms with Crippen molar-refractivity contribution < 1.29 is 18.1 Å². The second-order valence-electron chi connectivity index (χ2n) is 6.52. The van der Waals surface area contributed by atoms with Gasteiger partial charge in [0.25, 0.3) is 15.7 Å². The molecule has 0 radical (unpaired) electrons. The second-order valence-corrected chi connectivity index (χ2v) is 8.20. The fraction of sp³-hybridized carbons (Fsp3) is 0.294. The van der Waals surface area contributed by atoms with Crippen LogP contribution in [0.25, 0.3) is 0 Å². The Morgan fingerprint density at radius 2 is 1.68 bits per heavy atom. The van der Waals surface area contributed by atoms with Crippen molar-refractivity contribution in [3.8, 4) is 5.75 Å². The molecule has 8 heteroatoms. The summed E-state index contributed by atoms with van der Waals surface area (Å²) in [6.45, 7) is 6.07. The summed E-state index contributed by atoms with van der Waals surface area (Å²) in [5, 5.41) is 11.2. The van der Waals surface area contributed by atoms with Gasteiger partial charge in [0, 0.05) is 0 Å². The number of nitro benzene ring substituents is 1. The number of nitrogens with one attached hydrogen (secondary N) is 1. The lowest BCUT2D eigenvalue weighted by Crippen LogP contribution is -2.15. The molecule has 0 aromatic heterocycles. The van der Waals surface area contributed by atoms with Gasteiger partial charge in [-0.25, -0.2) is 8.42 Å². The molecule has 0 atom stereocenters. The first-order chi connectivity index (χ1) is 11.5. The summed E-state index contributed by atoms with van der Waals surface area (Å²) in [7, 11) is -2.57. The van der Waals surface area contributed by atoms with Crippen LogP contribution in [0.2, 0.25) is 0 Å². The Bertz CT molecular complexity index is 884. The van der Waals surface area contributed by atoms with Gasteiger partial charge < -0.3 is 4.74 Å². The summed E-state index contributed by atoms with van der Waals surface area (Å²) in [6.07, 6.45) is 0. The number of benzene rings is 2. The molecule has 0 heterocycles. The first-order valence-corrected chi connectivity index (χ1v) is 8.99. The molecule has 0 spiro atoms. The summed E-state index contributed by atoms with van der Waals surface area (Å²) >= 11 is 0. The minimum absolute atomic E-state index is 0.0330. The van der Waals surface area contributed by atoms with Gasteiger partial charge in [-0.2, -0.15) is 0 Å². The topological polar surface area (TPSA) is 98.5 Å². The molecule has 0 aliphatic carbocycles. The van der Waals surface area contributed by atoms with Crippen molar-refractivity contribution in [1.29, 1.82) is 0 Å². The average molecular weight is 364 g/mol. The fourth-order valence-electron chi connectivity index (χ4n) is 2.21. The molecule has 1 N–H and O–H groups in total. The molecule has 0 saturated heterocycles. The Morgan fingerprint density at radius 1 is 1.08 bits per heavy atom. The number of hydrogen-bond donors (Lipinski definition) is 1. The van der Waals surface area contributed by atoms with E-state index in [-0.39, 0.29) is 27.4 Å². The van der Waals surface area contributed by atoms with Gasteiger partial charge in [-0.3, -0.25) is 14.8 Å². The van der Waals surface area contributed by atoms with Crippen LogP contribution in [0.5, 0.6) is 5.75 Å². The van der Waals surface area contributed by atoms with E-state index < -0.39 is 14.9 Å². The summed E-state index contributed by atoms with van der Waals surface area (Å²) < 4.78 is 32.3. The lowest BCUT2D eigenvalue weighted by molar-refractivity contribution is -0.384. The molecular formula is C17H20N2O5S. The number of ether oxygens (including phenoxy) is 1. The average Bonchev–Trinajstić information content (AvgIpc) is 2.54. The lowest BCUT2D eigenvalue weighted by atomic mass is 9.87. The summed E-state index contributed by atoms with van der Waals surface area (Å²) in [6, 6.07) is 10.4. The van der Waals surface area contributed by atoms with Gasteiger partial charge in [0.1, 0.15) is 11.4 Å². The molecule has 2 rings (SSSR count). The Morgan fingerprint density at radius 3 is 2.16 bits per heavy atom. The quantitative estimate of drug-likeness (QED) is 0.644. The summed E-state index contributed by atoms with van der Waals surface area (Å²) in [4.78, 5) is 10.6. The smallest absolute Gasteiger partial charge is 0.297 e. The van der Waals surface area contributed by atoms with Gasteiger partial charge in [0.05, 0.1) is 23.0 Å². The zero-order valence-corrected chi connectivity index (χ0v) is 15.3. The molecule has 0 amide bonds. The van der Waals surface area contributed by atoms with Gasteiger partial charge in [0.2, 0.25) is 0 Å². The van der Waals surface area contributed by atoms with Crippen LogP contribution >= 0.6 is 0 Å². The maximum absolute atomic E-state index is 12.5. The van der Waals surface area contributed by atoms with Gasteiger partial charge in [-0.1, -0.05) is 32.9 Å². The predicted molar refractivity (Wildman–Crippen MR) is 95.6 cm³/mol. The molecule has 0 aliphatic rings. The van der Waals surface area contributed by atoms with Gasteiger partial charge in [0.15, 0.2) is 0 Å². The minimum Gasteiger partial charge on any atom is -0.496 e. The highest BCUT2D eigenvalue weighted by atomic mass is 32.2. The zero-order chi connectivity index (χ0) is 18.8. The Balaban J connectivity index is 2.37. The van der Waals surface area contributed by atoms with E-state index in [1.807, 2.05) is 20.8 Å². The van der Waals surface area contributed by atoms with E-state index in [2.05, 4.69) is 4.72 Å². The van der Waals surface area contributed by atoms with Crippen molar-refractivity contribution in [3.63, 3.8) is 0 Å². The van der Waals surface area contributed by atoms with Crippen molar-refractivity contribution in [2.75, 3.05) is 11.8 Å². The second kappa shape index (κ2) is 6.72. The first kappa shape index (κ1) is 18.7. The molecule has 0 bridgehead atoms. The highest BCUT2D eigenvalue weighted by Crippen LogP contribution is 2.31. The molecule has 0 saturated carbocycles. The van der Waals surface area contributed by atoms with Crippen LogP contribution in [0.1, 0.15) is 26.3 Å². The third kappa shape index (κ3) is 4.27. The van der Waals surface area contributed by atoms with Gasteiger partial charge >= 0.3 is 0 Å². The molecule has 2 aromatic carbocycles. The van der Waals surface area contributed by atoms with Crippen LogP contribution in [-0.4, -0.2) is 20.5 Å². The van der Waals surface area contributed by atoms with E-state index in [9.17, 15) is 18.5 Å². The fourth-order valence-corrected chi connectivity index (χ4v) is 3.29. The van der Waals surface area contributed by atoms with Crippen LogP contribution in [0.4, 0.5) is 11.4 Å². The molecule has 0 aliphatic heterocycles. The Labute approximate surface area is 146 Å². The number of sulfonamides is 1.